The van der Waals surface area contributed by atoms with Crippen LogP contribution in [0.15, 0.2) is 122 Å². The monoisotopic (exact) mass is 997 g/mol. The molecule has 6 nitrogen and oxygen atoms in total. The van der Waals surface area contributed by atoms with Gasteiger partial charge in [0.1, 0.15) is 13.2 Å². The van der Waals surface area contributed by atoms with E-state index in [0.29, 0.717) is 19.3 Å². The van der Waals surface area contributed by atoms with Crippen molar-refractivity contribution in [3.63, 3.8) is 0 Å². The fraction of sp³-hybridized carbons (Fsp3) is 0.652. The maximum absolute atomic E-state index is 12.9. The van der Waals surface area contributed by atoms with E-state index >= 15 is 0 Å². The molecule has 0 radical (unpaired) electrons. The molecule has 72 heavy (non-hydrogen) atoms. The number of carbonyl (C=O) groups is 3. The van der Waals surface area contributed by atoms with Crippen LogP contribution in [-0.4, -0.2) is 37.2 Å². The lowest BCUT2D eigenvalue weighted by Gasteiger charge is -2.18. The second-order valence-electron chi connectivity index (χ2n) is 19.1. The number of hydrogen-bond acceptors (Lipinski definition) is 6. The lowest BCUT2D eigenvalue weighted by molar-refractivity contribution is -0.167. The second kappa shape index (κ2) is 59.4. The lowest BCUT2D eigenvalue weighted by atomic mass is 10.0. The summed E-state index contributed by atoms with van der Waals surface area (Å²) in [6, 6.07) is 0. The molecule has 0 rings (SSSR count). The van der Waals surface area contributed by atoms with Gasteiger partial charge in [0.25, 0.3) is 0 Å². The molecule has 0 saturated carbocycles. The van der Waals surface area contributed by atoms with Gasteiger partial charge in [-0.2, -0.15) is 0 Å². The summed E-state index contributed by atoms with van der Waals surface area (Å²) in [7, 11) is 0. The van der Waals surface area contributed by atoms with Crippen molar-refractivity contribution in [1.29, 1.82) is 0 Å². The molecule has 0 aliphatic carbocycles. The summed E-state index contributed by atoms with van der Waals surface area (Å²) >= 11 is 0. The molecule has 0 aromatic heterocycles. The van der Waals surface area contributed by atoms with Crippen molar-refractivity contribution in [2.24, 2.45) is 0 Å². The van der Waals surface area contributed by atoms with Crippen molar-refractivity contribution in [1.82, 2.24) is 0 Å². The highest BCUT2D eigenvalue weighted by molar-refractivity contribution is 5.71. The topological polar surface area (TPSA) is 78.9 Å². The summed E-state index contributed by atoms with van der Waals surface area (Å²) in [4.78, 5) is 38.2. The van der Waals surface area contributed by atoms with Crippen LogP contribution in [0.2, 0.25) is 0 Å². The minimum atomic E-state index is -0.799. The number of carbonyl (C=O) groups excluding carboxylic acids is 3. The minimum absolute atomic E-state index is 0.0935. The first kappa shape index (κ1) is 67.8. The van der Waals surface area contributed by atoms with E-state index in [1.807, 2.05) is 0 Å². The molecule has 0 saturated heterocycles. The Hall–Kier alpha value is -4.19. The second-order valence-corrected chi connectivity index (χ2v) is 19.1. The largest absolute Gasteiger partial charge is 0.462 e. The van der Waals surface area contributed by atoms with Crippen molar-refractivity contribution in [3.8, 4) is 0 Å². The average Bonchev–Trinajstić information content (AvgIpc) is 3.38. The van der Waals surface area contributed by atoms with Gasteiger partial charge in [0.05, 0.1) is 0 Å². The van der Waals surface area contributed by atoms with Crippen LogP contribution >= 0.6 is 0 Å². The Bertz CT molecular complexity index is 1520. The lowest BCUT2D eigenvalue weighted by Crippen LogP contribution is -2.30. The van der Waals surface area contributed by atoms with Gasteiger partial charge >= 0.3 is 17.9 Å². The van der Waals surface area contributed by atoms with Crippen LogP contribution in [0.25, 0.3) is 0 Å². The first-order valence-electron chi connectivity index (χ1n) is 29.5. The number of unbranched alkanes of at least 4 members (excludes halogenated alkanes) is 21. The molecule has 0 bridgehead atoms. The number of hydrogen-bond donors (Lipinski definition) is 0. The average molecular weight is 998 g/mol. The summed E-state index contributed by atoms with van der Waals surface area (Å²) in [6.07, 6.45) is 81.8. The molecule has 0 amide bonds. The van der Waals surface area contributed by atoms with E-state index in [4.69, 9.17) is 14.2 Å². The maximum Gasteiger partial charge on any atom is 0.306 e. The van der Waals surface area contributed by atoms with Gasteiger partial charge in [0.15, 0.2) is 6.10 Å². The molecule has 0 aliphatic heterocycles. The maximum atomic E-state index is 12.9. The third-order valence-electron chi connectivity index (χ3n) is 12.2. The molecule has 1 atom stereocenters. The third kappa shape index (κ3) is 56.7. The van der Waals surface area contributed by atoms with Crippen LogP contribution in [0.1, 0.15) is 258 Å². The molecule has 0 N–H and O–H groups in total. The minimum Gasteiger partial charge on any atom is -0.462 e. The number of ether oxygens (including phenoxy) is 3. The van der Waals surface area contributed by atoms with Crippen molar-refractivity contribution in [2.75, 3.05) is 13.2 Å². The molecule has 0 spiro atoms. The summed E-state index contributed by atoms with van der Waals surface area (Å²) in [5, 5.41) is 0. The van der Waals surface area contributed by atoms with Crippen molar-refractivity contribution in [3.05, 3.63) is 122 Å². The molecule has 6 heteroatoms. The van der Waals surface area contributed by atoms with E-state index < -0.39 is 6.10 Å². The van der Waals surface area contributed by atoms with Crippen LogP contribution in [0.3, 0.4) is 0 Å². The Labute approximate surface area is 443 Å². The van der Waals surface area contributed by atoms with Crippen molar-refractivity contribution in [2.45, 2.75) is 264 Å². The van der Waals surface area contributed by atoms with E-state index in [0.717, 1.165) is 161 Å². The summed E-state index contributed by atoms with van der Waals surface area (Å²) in [5.41, 5.74) is 0. The summed E-state index contributed by atoms with van der Waals surface area (Å²) < 4.78 is 16.9. The van der Waals surface area contributed by atoms with Gasteiger partial charge in [0.2, 0.25) is 0 Å². The Morgan fingerprint density at radius 2 is 0.542 bits per heavy atom. The Morgan fingerprint density at radius 3 is 0.847 bits per heavy atom. The molecule has 1 unspecified atom stereocenters. The summed E-state index contributed by atoms with van der Waals surface area (Å²) in [5.74, 6) is -0.931. The van der Waals surface area contributed by atoms with Gasteiger partial charge < -0.3 is 14.2 Å². The van der Waals surface area contributed by atoms with Crippen molar-refractivity contribution < 1.29 is 28.6 Å². The van der Waals surface area contributed by atoms with Gasteiger partial charge in [-0.05, 0) is 109 Å². The first-order chi connectivity index (χ1) is 35.5. The zero-order chi connectivity index (χ0) is 52.2. The number of rotatable bonds is 52. The fourth-order valence-corrected chi connectivity index (χ4v) is 7.85. The number of esters is 3. The van der Waals surface area contributed by atoms with Gasteiger partial charge in [-0.15, -0.1) is 0 Å². The SMILES string of the molecule is CC/C=C\C/C=C\C/C=C\C/C=C\C/C=C\CCCCCCCC(=O)OCC(COC(=O)CCCCCCCCCCCCCC)OC(=O)CCCCCCC/C=C\C/C=C\C/C=C\C/C=C\C/C=C\CC. The molecule has 0 aromatic carbocycles. The van der Waals surface area contributed by atoms with E-state index in [9.17, 15) is 14.4 Å². The fourth-order valence-electron chi connectivity index (χ4n) is 7.85. The van der Waals surface area contributed by atoms with E-state index in [1.165, 1.54) is 57.8 Å². The Kier molecular flexibility index (Phi) is 55.9. The van der Waals surface area contributed by atoms with Gasteiger partial charge in [-0.1, -0.05) is 251 Å². The molecular weight excluding hydrogens is 889 g/mol. The normalized spacial score (nSPS) is 13.0. The Balaban J connectivity index is 4.45. The van der Waals surface area contributed by atoms with Crippen molar-refractivity contribution >= 4 is 17.9 Å². The predicted octanol–water partition coefficient (Wildman–Crippen LogP) is 20.0. The van der Waals surface area contributed by atoms with Crippen LogP contribution in [0.4, 0.5) is 0 Å². The van der Waals surface area contributed by atoms with E-state index in [-0.39, 0.29) is 31.1 Å². The van der Waals surface area contributed by atoms with E-state index in [1.54, 1.807) is 0 Å². The molecule has 0 fully saturated rings. The number of allylic oxidation sites excluding steroid dienone is 20. The zero-order valence-corrected chi connectivity index (χ0v) is 46.7. The van der Waals surface area contributed by atoms with E-state index in [2.05, 4.69) is 142 Å². The molecular formula is C66H108O6. The smallest absolute Gasteiger partial charge is 0.306 e. The summed E-state index contributed by atoms with van der Waals surface area (Å²) in [6.45, 7) is 6.38. The van der Waals surface area contributed by atoms with Gasteiger partial charge in [-0.3, -0.25) is 14.4 Å². The van der Waals surface area contributed by atoms with Gasteiger partial charge in [-0.25, -0.2) is 0 Å². The highest BCUT2D eigenvalue weighted by atomic mass is 16.6. The van der Waals surface area contributed by atoms with Crippen LogP contribution < -0.4 is 0 Å². The standard InChI is InChI=1S/C66H108O6/c1-4-7-10-13-16-19-22-25-27-29-31-33-35-37-39-41-44-47-50-53-56-59-65(68)71-62-63(61-70-64(67)58-55-52-49-46-43-24-21-18-15-12-9-6-3)72-66(69)60-57-54-51-48-45-42-40-38-36-34-32-30-28-26-23-20-17-14-11-8-5-2/h7-8,10-11,16-17,19-20,25-28,31-34,37-40,63H,4-6,9,12-15,18,21-24,29-30,35-36,41-62H2,1-3H3/b10-7-,11-8-,19-16-,20-17-,27-25-,28-26-,33-31-,34-32-,39-37-,40-38-. The molecule has 408 valence electrons. The Morgan fingerprint density at radius 1 is 0.292 bits per heavy atom. The van der Waals surface area contributed by atoms with Crippen LogP contribution in [0.5, 0.6) is 0 Å². The highest BCUT2D eigenvalue weighted by Crippen LogP contribution is 2.15. The van der Waals surface area contributed by atoms with Crippen LogP contribution in [-0.2, 0) is 28.6 Å². The predicted molar refractivity (Wildman–Crippen MR) is 311 cm³/mol. The van der Waals surface area contributed by atoms with Gasteiger partial charge in [0, 0.05) is 19.3 Å². The third-order valence-corrected chi connectivity index (χ3v) is 12.2. The quantitative estimate of drug-likeness (QED) is 0.0261. The van der Waals surface area contributed by atoms with Crippen LogP contribution in [0, 0.1) is 0 Å². The molecule has 0 heterocycles. The molecule has 0 aromatic rings. The zero-order valence-electron chi connectivity index (χ0n) is 46.7. The molecule has 0 aliphatic rings. The first-order valence-corrected chi connectivity index (χ1v) is 29.5. The highest BCUT2D eigenvalue weighted by Gasteiger charge is 2.19.